The second kappa shape index (κ2) is 13.9. The van der Waals surface area contributed by atoms with Gasteiger partial charge >= 0.3 is 12.4 Å². The van der Waals surface area contributed by atoms with E-state index in [0.29, 0.717) is 59.3 Å². The molecule has 0 atom stereocenters. The Morgan fingerprint density at radius 2 is 1.34 bits per heavy atom. The third-order valence-corrected chi connectivity index (χ3v) is 9.68. The number of hydrogen-bond acceptors (Lipinski definition) is 3. The van der Waals surface area contributed by atoms with Gasteiger partial charge in [0.15, 0.2) is 0 Å². The summed E-state index contributed by atoms with van der Waals surface area (Å²) < 4.78 is 80.9. The Labute approximate surface area is 300 Å². The van der Waals surface area contributed by atoms with Crippen LogP contribution >= 0.6 is 0 Å². The summed E-state index contributed by atoms with van der Waals surface area (Å²) in [5, 5.41) is 5.03. The molecule has 0 aliphatic heterocycles. The molecule has 0 unspecified atom stereocenters. The van der Waals surface area contributed by atoms with Crippen molar-refractivity contribution in [2.75, 3.05) is 11.9 Å². The third-order valence-electron chi connectivity index (χ3n) is 9.68. The van der Waals surface area contributed by atoms with Crippen molar-refractivity contribution in [1.29, 1.82) is 0 Å². The standard InChI is InChI=1S/C41H32F6N4O2/c42-40(43,44)24-48-38(53)39(33-13-5-3-10-30(33)31-11-4-6-14-34(31)39)21-7-8-22-51-25-49-35-23-28(19-20-36(35)51)50-37(52)32-12-2-1-9-29(32)26-15-17-27(18-16-26)41(45,46)47/h1-6,9-20,23,25H,7-8,21-22,24H2,(H,48,53)(H,50,52). The highest BCUT2D eigenvalue weighted by atomic mass is 19.4. The minimum Gasteiger partial charge on any atom is -0.346 e. The smallest absolute Gasteiger partial charge is 0.346 e. The Bertz CT molecular complexity index is 2270. The number of halogens is 6. The number of nitrogens with zero attached hydrogens (tertiary/aromatic N) is 2. The highest BCUT2D eigenvalue weighted by Crippen LogP contribution is 2.51. The van der Waals surface area contributed by atoms with Gasteiger partial charge in [-0.15, -0.1) is 0 Å². The van der Waals surface area contributed by atoms with Gasteiger partial charge in [-0.25, -0.2) is 4.98 Å². The first kappa shape index (κ1) is 35.5. The van der Waals surface area contributed by atoms with Gasteiger partial charge in [0.05, 0.1) is 22.9 Å². The molecule has 0 saturated carbocycles. The Hall–Kier alpha value is -5.91. The molecule has 1 heterocycles. The van der Waals surface area contributed by atoms with Gasteiger partial charge in [0.1, 0.15) is 12.0 Å². The zero-order valence-corrected chi connectivity index (χ0v) is 28.1. The average molecular weight is 727 g/mol. The Kier molecular flexibility index (Phi) is 9.31. The maximum absolute atomic E-state index is 13.8. The summed E-state index contributed by atoms with van der Waals surface area (Å²) in [5.74, 6) is -1.13. The van der Waals surface area contributed by atoms with Crippen LogP contribution in [0.5, 0.6) is 0 Å². The normalized spacial score (nSPS) is 13.4. The molecule has 5 aromatic carbocycles. The molecule has 1 aliphatic carbocycles. The molecule has 6 aromatic rings. The number of aryl methyl sites for hydroxylation is 1. The zero-order chi connectivity index (χ0) is 37.4. The van der Waals surface area contributed by atoms with Crippen LogP contribution in [-0.4, -0.2) is 34.1 Å². The highest BCUT2D eigenvalue weighted by Gasteiger charge is 2.49. The van der Waals surface area contributed by atoms with Gasteiger partial charge in [0, 0.05) is 17.8 Å². The molecule has 1 aromatic heterocycles. The number of amides is 2. The fourth-order valence-corrected chi connectivity index (χ4v) is 7.25. The second-order valence-corrected chi connectivity index (χ2v) is 13.0. The molecule has 53 heavy (non-hydrogen) atoms. The van der Waals surface area contributed by atoms with Crippen LogP contribution in [0.3, 0.4) is 0 Å². The number of unbranched alkanes of at least 4 members (excludes halogenated alkanes) is 1. The van der Waals surface area contributed by atoms with E-state index >= 15 is 0 Å². The minimum atomic E-state index is -4.56. The van der Waals surface area contributed by atoms with Crippen LogP contribution in [-0.2, 0) is 22.9 Å². The van der Waals surface area contributed by atoms with Crippen LogP contribution in [0.2, 0.25) is 0 Å². The Morgan fingerprint density at radius 3 is 1.98 bits per heavy atom. The van der Waals surface area contributed by atoms with Gasteiger partial charge in [-0.05, 0) is 89.0 Å². The molecule has 7 rings (SSSR count). The lowest BCUT2D eigenvalue weighted by Gasteiger charge is -2.31. The van der Waals surface area contributed by atoms with Crippen molar-refractivity contribution in [3.63, 3.8) is 0 Å². The van der Waals surface area contributed by atoms with Crippen molar-refractivity contribution >= 4 is 28.5 Å². The van der Waals surface area contributed by atoms with Gasteiger partial charge in [-0.2, -0.15) is 26.3 Å². The topological polar surface area (TPSA) is 76.0 Å². The monoisotopic (exact) mass is 726 g/mol. The van der Waals surface area contributed by atoms with Crippen LogP contribution in [0.1, 0.15) is 46.3 Å². The molecular formula is C41H32F6N4O2. The number of carbonyl (C=O) groups is 2. The number of alkyl halides is 6. The van der Waals surface area contributed by atoms with E-state index in [2.05, 4.69) is 15.6 Å². The minimum absolute atomic E-state index is 0.287. The molecule has 0 fully saturated rings. The quantitative estimate of drug-likeness (QED) is 0.109. The molecule has 0 radical (unpaired) electrons. The van der Waals surface area contributed by atoms with E-state index in [0.717, 1.165) is 28.8 Å². The van der Waals surface area contributed by atoms with Crippen LogP contribution in [0, 0.1) is 0 Å². The Morgan fingerprint density at radius 1 is 0.717 bits per heavy atom. The molecule has 0 spiro atoms. The number of anilines is 1. The van der Waals surface area contributed by atoms with E-state index in [9.17, 15) is 35.9 Å². The fourth-order valence-electron chi connectivity index (χ4n) is 7.25. The van der Waals surface area contributed by atoms with Crippen LogP contribution < -0.4 is 10.6 Å². The van der Waals surface area contributed by atoms with Crippen molar-refractivity contribution < 1.29 is 35.9 Å². The summed E-state index contributed by atoms with van der Waals surface area (Å²) >= 11 is 0. The first-order chi connectivity index (χ1) is 25.3. The summed E-state index contributed by atoms with van der Waals surface area (Å²) in [7, 11) is 0. The summed E-state index contributed by atoms with van der Waals surface area (Å²) in [6.45, 7) is -0.903. The molecular weight excluding hydrogens is 694 g/mol. The summed E-state index contributed by atoms with van der Waals surface area (Å²) in [6, 6.07) is 31.2. The number of nitrogens with one attached hydrogen (secondary N) is 2. The van der Waals surface area contributed by atoms with E-state index in [4.69, 9.17) is 0 Å². The van der Waals surface area contributed by atoms with Gasteiger partial charge in [-0.3, -0.25) is 9.59 Å². The first-order valence-electron chi connectivity index (χ1n) is 16.9. The van der Waals surface area contributed by atoms with Crippen LogP contribution in [0.25, 0.3) is 33.3 Å². The van der Waals surface area contributed by atoms with Crippen molar-refractivity contribution in [1.82, 2.24) is 14.9 Å². The van der Waals surface area contributed by atoms with E-state index in [1.165, 1.54) is 12.1 Å². The molecule has 2 amide bonds. The van der Waals surface area contributed by atoms with Gasteiger partial charge in [0.2, 0.25) is 5.91 Å². The number of fused-ring (bicyclic) bond motifs is 4. The fraction of sp³-hybridized carbons (Fsp3) is 0.195. The summed E-state index contributed by atoms with van der Waals surface area (Å²) in [4.78, 5) is 31.7. The number of hydrogen-bond donors (Lipinski definition) is 2. The van der Waals surface area contributed by atoms with Crippen LogP contribution in [0.15, 0.2) is 122 Å². The van der Waals surface area contributed by atoms with Crippen molar-refractivity contribution in [3.8, 4) is 22.3 Å². The number of carbonyl (C=O) groups excluding carboxylic acids is 2. The molecule has 6 nitrogen and oxygen atoms in total. The maximum atomic E-state index is 13.8. The maximum Gasteiger partial charge on any atom is 0.416 e. The van der Waals surface area contributed by atoms with Crippen LogP contribution in [0.4, 0.5) is 32.0 Å². The molecule has 270 valence electrons. The lowest BCUT2D eigenvalue weighted by atomic mass is 9.73. The summed E-state index contributed by atoms with van der Waals surface area (Å²) in [6.07, 6.45) is -5.94. The van der Waals surface area contributed by atoms with E-state index in [1.807, 2.05) is 47.0 Å². The summed E-state index contributed by atoms with van der Waals surface area (Å²) in [5.41, 5.74) is 4.08. The first-order valence-corrected chi connectivity index (χ1v) is 16.9. The zero-order valence-electron chi connectivity index (χ0n) is 28.1. The molecule has 0 saturated heterocycles. The second-order valence-electron chi connectivity index (χ2n) is 13.0. The van der Waals surface area contributed by atoms with Gasteiger partial charge in [-0.1, -0.05) is 78.9 Å². The van der Waals surface area contributed by atoms with Crippen molar-refractivity contribution in [2.24, 2.45) is 0 Å². The molecule has 0 bridgehead atoms. The van der Waals surface area contributed by atoms with Crippen molar-refractivity contribution in [3.05, 3.63) is 144 Å². The molecule has 2 N–H and O–H groups in total. The number of benzene rings is 5. The average Bonchev–Trinajstić information content (AvgIpc) is 3.68. The SMILES string of the molecule is O=C(Nc1ccc2c(c1)ncn2CCCCC1(C(=O)NCC(F)(F)F)c2ccccc2-c2ccccc21)c1ccccc1-c1ccc(C(F)(F)F)cc1. The van der Waals surface area contributed by atoms with Gasteiger partial charge < -0.3 is 15.2 Å². The highest BCUT2D eigenvalue weighted by molar-refractivity contribution is 6.09. The Balaban J connectivity index is 1.05. The lowest BCUT2D eigenvalue weighted by Crippen LogP contribution is -2.47. The molecule has 1 aliphatic rings. The number of aromatic nitrogens is 2. The third kappa shape index (κ3) is 7.01. The van der Waals surface area contributed by atoms with Gasteiger partial charge in [0.25, 0.3) is 5.91 Å². The molecule has 12 heteroatoms. The van der Waals surface area contributed by atoms with E-state index < -0.39 is 41.7 Å². The van der Waals surface area contributed by atoms with Crippen molar-refractivity contribution in [2.45, 2.75) is 43.6 Å². The largest absolute Gasteiger partial charge is 0.416 e. The predicted molar refractivity (Wildman–Crippen MR) is 190 cm³/mol. The number of rotatable bonds is 10. The lowest BCUT2D eigenvalue weighted by molar-refractivity contribution is -0.141. The van der Waals surface area contributed by atoms with E-state index in [1.54, 1.807) is 54.9 Å². The number of imidazole rings is 1. The van der Waals surface area contributed by atoms with E-state index in [-0.39, 0.29) is 5.56 Å². The predicted octanol–water partition coefficient (Wildman–Crippen LogP) is 9.79.